The molecule has 2 heterocycles. The summed E-state index contributed by atoms with van der Waals surface area (Å²) in [6.07, 6.45) is -0.132. The van der Waals surface area contributed by atoms with Crippen LogP contribution in [0.4, 0.5) is 4.79 Å². The number of hydrogen-bond donors (Lipinski definition) is 2. The topological polar surface area (TPSA) is 151 Å². The normalized spacial score (nSPS) is 13.9. The lowest BCUT2D eigenvalue weighted by Crippen LogP contribution is -2.56. The van der Waals surface area contributed by atoms with Crippen molar-refractivity contribution in [2.24, 2.45) is 0 Å². The van der Waals surface area contributed by atoms with Crippen LogP contribution in [-0.2, 0) is 14.3 Å². The minimum absolute atomic E-state index is 0.00906. The fourth-order valence-electron chi connectivity index (χ4n) is 3.84. The number of aromatic nitrogens is 2. The highest BCUT2D eigenvalue weighted by molar-refractivity contribution is 5.96. The molecule has 12 heteroatoms. The van der Waals surface area contributed by atoms with E-state index in [0.717, 1.165) is 6.42 Å². The van der Waals surface area contributed by atoms with Crippen LogP contribution in [0, 0.1) is 0 Å². The fourth-order valence-corrected chi connectivity index (χ4v) is 3.84. The van der Waals surface area contributed by atoms with Crippen molar-refractivity contribution in [3.05, 3.63) is 42.1 Å². The third-order valence-electron chi connectivity index (χ3n) is 5.79. The lowest BCUT2D eigenvalue weighted by atomic mass is 10.1. The highest BCUT2D eigenvalue weighted by atomic mass is 16.6. The maximum Gasteiger partial charge on any atom is 0.409 e. The zero-order chi connectivity index (χ0) is 27.5. The maximum absolute atomic E-state index is 13.3. The van der Waals surface area contributed by atoms with E-state index < -0.39 is 29.9 Å². The van der Waals surface area contributed by atoms with Crippen LogP contribution in [0.25, 0.3) is 11.4 Å². The molecule has 3 rings (SSSR count). The number of carboxylic acids is 1. The number of amides is 3. The highest BCUT2D eigenvalue weighted by Crippen LogP contribution is 2.20. The number of piperazine rings is 1. The second-order valence-corrected chi connectivity index (χ2v) is 8.60. The monoisotopic (exact) mass is 527 g/mol. The number of carboxylic acid groups (broad SMARTS) is 1. The third-order valence-corrected chi connectivity index (χ3v) is 5.79. The van der Waals surface area contributed by atoms with E-state index in [-0.39, 0.29) is 63.0 Å². The van der Waals surface area contributed by atoms with E-state index in [0.29, 0.717) is 12.2 Å². The molecular weight excluding hydrogens is 494 g/mol. The molecule has 0 radical (unpaired) electrons. The first-order valence-corrected chi connectivity index (χ1v) is 12.6. The van der Waals surface area contributed by atoms with Crippen LogP contribution in [0.3, 0.4) is 0 Å². The number of rotatable bonds is 11. The number of nitrogens with one attached hydrogen (secondary N) is 1. The number of carbonyl (C=O) groups excluding carboxylic acids is 3. The van der Waals surface area contributed by atoms with Crippen molar-refractivity contribution in [1.82, 2.24) is 25.1 Å². The van der Waals surface area contributed by atoms with Gasteiger partial charge >= 0.3 is 12.1 Å². The van der Waals surface area contributed by atoms with Gasteiger partial charge in [0.25, 0.3) is 5.91 Å². The highest BCUT2D eigenvalue weighted by Gasteiger charge is 2.31. The smallest absolute Gasteiger partial charge is 0.409 e. The van der Waals surface area contributed by atoms with Crippen LogP contribution in [-0.4, -0.2) is 94.2 Å². The Morgan fingerprint density at radius 1 is 1.03 bits per heavy atom. The Hall–Kier alpha value is -4.22. The second kappa shape index (κ2) is 13.9. The number of carbonyl (C=O) groups is 4. The van der Waals surface area contributed by atoms with Gasteiger partial charge in [0, 0.05) is 44.2 Å². The van der Waals surface area contributed by atoms with E-state index in [9.17, 15) is 24.3 Å². The summed E-state index contributed by atoms with van der Waals surface area (Å²) < 4.78 is 10.7. The van der Waals surface area contributed by atoms with Crippen molar-refractivity contribution in [2.75, 3.05) is 39.4 Å². The Kier molecular flexibility index (Phi) is 10.4. The molecule has 1 aliphatic rings. The molecule has 1 unspecified atom stereocenters. The molecule has 1 saturated heterocycles. The summed E-state index contributed by atoms with van der Waals surface area (Å²) in [5, 5.41) is 11.9. The molecule has 1 aromatic heterocycles. The standard InChI is InChI=1S/C26H33N5O7/c1-3-16-38-21-17-20(27-23(29-21)18-8-6-5-7-9-18)24(34)28-19(10-11-22(32)33)25(35)30-12-14-31(15-13-30)26(36)37-4-2/h5-9,17,19H,3-4,10-16H2,1-2H3,(H,28,34)(H,32,33). The van der Waals surface area contributed by atoms with Crippen molar-refractivity contribution in [2.45, 2.75) is 39.2 Å². The first kappa shape index (κ1) is 28.4. The minimum atomic E-state index is -1.09. The quantitative estimate of drug-likeness (QED) is 0.448. The lowest BCUT2D eigenvalue weighted by Gasteiger charge is -2.35. The summed E-state index contributed by atoms with van der Waals surface area (Å²) in [5.74, 6) is -1.67. The van der Waals surface area contributed by atoms with E-state index in [1.807, 2.05) is 25.1 Å². The molecule has 1 aromatic carbocycles. The fraction of sp³-hybridized carbons (Fsp3) is 0.462. The predicted molar refractivity (Wildman–Crippen MR) is 137 cm³/mol. The van der Waals surface area contributed by atoms with E-state index in [4.69, 9.17) is 9.47 Å². The molecular formula is C26H33N5O7. The van der Waals surface area contributed by atoms with Crippen molar-refractivity contribution < 1.29 is 33.8 Å². The predicted octanol–water partition coefficient (Wildman–Crippen LogP) is 2.20. The Balaban J connectivity index is 1.78. The van der Waals surface area contributed by atoms with Crippen molar-refractivity contribution in [3.8, 4) is 17.3 Å². The van der Waals surface area contributed by atoms with Gasteiger partial charge in [0.05, 0.1) is 13.2 Å². The molecule has 1 atom stereocenters. The molecule has 12 nitrogen and oxygen atoms in total. The van der Waals surface area contributed by atoms with E-state index in [2.05, 4.69) is 15.3 Å². The van der Waals surface area contributed by atoms with E-state index in [1.165, 1.54) is 15.9 Å². The van der Waals surface area contributed by atoms with E-state index in [1.54, 1.807) is 19.1 Å². The van der Waals surface area contributed by atoms with Crippen LogP contribution in [0.15, 0.2) is 36.4 Å². The SMILES string of the molecule is CCCOc1cc(C(=O)NC(CCC(=O)O)C(=O)N2CCN(C(=O)OCC)CC2)nc(-c2ccccc2)n1. The average Bonchev–Trinajstić information content (AvgIpc) is 2.94. The van der Waals surface area contributed by atoms with Crippen LogP contribution in [0.5, 0.6) is 5.88 Å². The summed E-state index contributed by atoms with van der Waals surface area (Å²) in [5.41, 5.74) is 0.673. The van der Waals surface area contributed by atoms with Gasteiger partial charge in [0.15, 0.2) is 5.82 Å². The summed E-state index contributed by atoms with van der Waals surface area (Å²) in [7, 11) is 0. The number of hydrogen-bond acceptors (Lipinski definition) is 8. The zero-order valence-electron chi connectivity index (χ0n) is 21.6. The first-order chi connectivity index (χ1) is 18.3. The molecule has 1 fully saturated rings. The van der Waals surface area contributed by atoms with Gasteiger partial charge in [-0.2, -0.15) is 4.98 Å². The molecule has 0 aliphatic carbocycles. The van der Waals surface area contributed by atoms with Crippen LogP contribution < -0.4 is 10.1 Å². The van der Waals surface area contributed by atoms with Gasteiger partial charge in [-0.25, -0.2) is 9.78 Å². The van der Waals surface area contributed by atoms with Crippen molar-refractivity contribution in [3.63, 3.8) is 0 Å². The van der Waals surface area contributed by atoms with Crippen LogP contribution in [0.2, 0.25) is 0 Å². The van der Waals surface area contributed by atoms with Crippen molar-refractivity contribution in [1.29, 1.82) is 0 Å². The van der Waals surface area contributed by atoms with Crippen molar-refractivity contribution >= 4 is 23.9 Å². The van der Waals surface area contributed by atoms with Crippen LogP contribution >= 0.6 is 0 Å². The number of benzene rings is 1. The Morgan fingerprint density at radius 3 is 2.34 bits per heavy atom. The molecule has 0 saturated carbocycles. The zero-order valence-corrected chi connectivity index (χ0v) is 21.6. The third kappa shape index (κ3) is 7.89. The van der Waals surface area contributed by atoms with Gasteiger partial charge in [-0.15, -0.1) is 0 Å². The Bertz CT molecular complexity index is 1120. The summed E-state index contributed by atoms with van der Waals surface area (Å²) in [4.78, 5) is 61.6. The van der Waals surface area contributed by atoms with Gasteiger partial charge in [-0.1, -0.05) is 37.3 Å². The minimum Gasteiger partial charge on any atom is -0.481 e. The molecule has 38 heavy (non-hydrogen) atoms. The molecule has 0 spiro atoms. The molecule has 2 N–H and O–H groups in total. The average molecular weight is 528 g/mol. The van der Waals surface area contributed by atoms with Gasteiger partial charge in [0.2, 0.25) is 11.8 Å². The maximum atomic E-state index is 13.3. The molecule has 1 aliphatic heterocycles. The molecule has 0 bridgehead atoms. The second-order valence-electron chi connectivity index (χ2n) is 8.60. The summed E-state index contributed by atoms with van der Waals surface area (Å²) in [6.45, 7) is 5.31. The molecule has 204 valence electrons. The Labute approximate surface area is 220 Å². The molecule has 3 amide bonds. The summed E-state index contributed by atoms with van der Waals surface area (Å²) >= 11 is 0. The van der Waals surface area contributed by atoms with Gasteiger partial charge in [0.1, 0.15) is 11.7 Å². The van der Waals surface area contributed by atoms with Gasteiger partial charge in [-0.3, -0.25) is 14.4 Å². The van der Waals surface area contributed by atoms with Gasteiger partial charge in [-0.05, 0) is 19.8 Å². The first-order valence-electron chi connectivity index (χ1n) is 12.6. The number of ether oxygens (including phenoxy) is 2. The summed E-state index contributed by atoms with van der Waals surface area (Å²) in [6, 6.07) is 9.39. The largest absolute Gasteiger partial charge is 0.481 e. The lowest BCUT2D eigenvalue weighted by molar-refractivity contribution is -0.138. The van der Waals surface area contributed by atoms with Crippen LogP contribution in [0.1, 0.15) is 43.6 Å². The Morgan fingerprint density at radius 2 is 1.71 bits per heavy atom. The van der Waals surface area contributed by atoms with E-state index >= 15 is 0 Å². The van der Waals surface area contributed by atoms with Gasteiger partial charge < -0.3 is 29.7 Å². The number of aliphatic carboxylic acids is 1. The number of nitrogens with zero attached hydrogens (tertiary/aromatic N) is 4. The molecule has 2 aromatic rings.